The van der Waals surface area contributed by atoms with Gasteiger partial charge in [-0.1, -0.05) is 66.2 Å². The van der Waals surface area contributed by atoms with Crippen molar-refractivity contribution in [3.63, 3.8) is 0 Å². The van der Waals surface area contributed by atoms with Gasteiger partial charge in [-0.05, 0) is 28.8 Å². The maximum Gasteiger partial charge on any atom is 0.150 e. The normalized spacial score (nSPS) is 10.6. The highest BCUT2D eigenvalue weighted by Crippen LogP contribution is 2.31. The maximum absolute atomic E-state index is 11.2. The fourth-order valence-electron chi connectivity index (χ4n) is 2.47. The largest absolute Gasteiger partial charge is 0.298 e. The molecule has 0 bridgehead atoms. The van der Waals surface area contributed by atoms with Gasteiger partial charge in [0.25, 0.3) is 0 Å². The van der Waals surface area contributed by atoms with Gasteiger partial charge in [0.15, 0.2) is 6.29 Å². The fraction of sp³-hybridized carbons (Fsp3) is 0.0556. The molecule has 1 nitrogen and oxygen atoms in total. The third-order valence-corrected chi connectivity index (χ3v) is 3.42. The molecule has 19 heavy (non-hydrogen) atoms. The van der Waals surface area contributed by atoms with Gasteiger partial charge >= 0.3 is 0 Å². The van der Waals surface area contributed by atoms with E-state index in [0.29, 0.717) is 0 Å². The van der Waals surface area contributed by atoms with Crippen molar-refractivity contribution in [1.82, 2.24) is 0 Å². The molecule has 0 heterocycles. The molecule has 0 radical (unpaired) electrons. The monoisotopic (exact) mass is 246 g/mol. The van der Waals surface area contributed by atoms with Gasteiger partial charge in [0.05, 0.1) is 0 Å². The molecule has 0 fully saturated rings. The van der Waals surface area contributed by atoms with E-state index in [1.165, 1.54) is 10.8 Å². The summed E-state index contributed by atoms with van der Waals surface area (Å²) < 4.78 is 0. The number of fused-ring (bicyclic) bond motifs is 1. The van der Waals surface area contributed by atoms with Crippen molar-refractivity contribution in [3.8, 4) is 11.1 Å². The molecule has 92 valence electrons. The molecule has 0 atom stereocenters. The highest BCUT2D eigenvalue weighted by atomic mass is 16.1. The van der Waals surface area contributed by atoms with Crippen LogP contribution >= 0.6 is 0 Å². The maximum atomic E-state index is 11.2. The predicted molar refractivity (Wildman–Crippen MR) is 79.5 cm³/mol. The lowest BCUT2D eigenvalue weighted by Gasteiger charge is -2.10. The molecule has 3 rings (SSSR count). The zero-order chi connectivity index (χ0) is 13.2. The highest BCUT2D eigenvalue weighted by molar-refractivity contribution is 6.00. The van der Waals surface area contributed by atoms with E-state index < -0.39 is 0 Å². The first-order valence-corrected chi connectivity index (χ1v) is 6.33. The van der Waals surface area contributed by atoms with E-state index in [9.17, 15) is 4.79 Å². The molecule has 1 heteroatoms. The van der Waals surface area contributed by atoms with Crippen LogP contribution in [0, 0.1) is 6.92 Å². The van der Waals surface area contributed by atoms with Crippen molar-refractivity contribution in [2.75, 3.05) is 0 Å². The predicted octanol–water partition coefficient (Wildman–Crippen LogP) is 4.63. The van der Waals surface area contributed by atoms with Gasteiger partial charge in [-0.25, -0.2) is 0 Å². The first-order valence-electron chi connectivity index (χ1n) is 6.33. The van der Waals surface area contributed by atoms with Crippen LogP contribution in [0.3, 0.4) is 0 Å². The second kappa shape index (κ2) is 4.69. The van der Waals surface area contributed by atoms with Gasteiger partial charge in [-0.3, -0.25) is 4.79 Å². The Labute approximate surface area is 112 Å². The molecule has 0 aliphatic rings. The molecule has 0 aliphatic carbocycles. The van der Waals surface area contributed by atoms with Crippen molar-refractivity contribution in [3.05, 3.63) is 71.8 Å². The zero-order valence-corrected chi connectivity index (χ0v) is 10.8. The van der Waals surface area contributed by atoms with E-state index in [1.807, 2.05) is 37.3 Å². The van der Waals surface area contributed by atoms with Crippen LogP contribution in [0.4, 0.5) is 0 Å². The molecule has 0 saturated heterocycles. The molecule has 0 aliphatic heterocycles. The summed E-state index contributed by atoms with van der Waals surface area (Å²) in [6.45, 7) is 2.04. The Balaban J connectivity index is 2.36. The zero-order valence-electron chi connectivity index (χ0n) is 10.8. The van der Waals surface area contributed by atoms with Crippen molar-refractivity contribution < 1.29 is 4.79 Å². The summed E-state index contributed by atoms with van der Waals surface area (Å²) in [5, 5.41) is 2.37. The first-order chi connectivity index (χ1) is 9.29. The molecule has 0 amide bonds. The Hall–Kier alpha value is -2.41. The second-order valence-corrected chi connectivity index (χ2v) is 4.74. The Morgan fingerprint density at radius 2 is 1.63 bits per heavy atom. The van der Waals surface area contributed by atoms with E-state index in [-0.39, 0.29) is 0 Å². The number of benzene rings is 3. The molecule has 3 aromatic rings. The lowest BCUT2D eigenvalue weighted by atomic mass is 9.94. The van der Waals surface area contributed by atoms with Gasteiger partial charge in [0.1, 0.15) is 0 Å². The standard InChI is InChI=1S/C18H14O/c1-13-9-10-15(12-19)18(11-13)17-8-4-6-14-5-2-3-7-16(14)17/h2-12H,1H3. The summed E-state index contributed by atoms with van der Waals surface area (Å²) in [4.78, 5) is 11.2. The third-order valence-electron chi connectivity index (χ3n) is 3.42. The number of aldehydes is 1. The van der Waals surface area contributed by atoms with Crippen LogP contribution < -0.4 is 0 Å². The topological polar surface area (TPSA) is 17.1 Å². The minimum Gasteiger partial charge on any atom is -0.298 e. The van der Waals surface area contributed by atoms with E-state index in [4.69, 9.17) is 0 Å². The minimum absolute atomic E-state index is 0.738. The van der Waals surface area contributed by atoms with E-state index >= 15 is 0 Å². The second-order valence-electron chi connectivity index (χ2n) is 4.74. The Kier molecular flexibility index (Phi) is 2.88. The first kappa shape index (κ1) is 11.7. The third kappa shape index (κ3) is 2.04. The number of rotatable bonds is 2. The molecule has 0 aromatic heterocycles. The SMILES string of the molecule is Cc1ccc(C=O)c(-c2cccc3ccccc23)c1. The summed E-state index contributed by atoms with van der Waals surface area (Å²) in [5.74, 6) is 0. The Morgan fingerprint density at radius 3 is 2.47 bits per heavy atom. The fourth-order valence-corrected chi connectivity index (χ4v) is 2.47. The smallest absolute Gasteiger partial charge is 0.150 e. The molecule has 3 aromatic carbocycles. The van der Waals surface area contributed by atoms with Crippen molar-refractivity contribution >= 4 is 17.1 Å². The number of aryl methyl sites for hydroxylation is 1. The van der Waals surface area contributed by atoms with Gasteiger partial charge in [0.2, 0.25) is 0 Å². The molecular formula is C18H14O. The van der Waals surface area contributed by atoms with Crippen molar-refractivity contribution in [2.45, 2.75) is 6.92 Å². The lowest BCUT2D eigenvalue weighted by molar-refractivity contribution is 0.112. The Bertz CT molecular complexity index is 751. The Morgan fingerprint density at radius 1 is 0.842 bits per heavy atom. The quantitative estimate of drug-likeness (QED) is 0.602. The molecule has 0 N–H and O–H groups in total. The molecule has 0 spiro atoms. The van der Waals surface area contributed by atoms with Crippen LogP contribution in [0.2, 0.25) is 0 Å². The van der Waals surface area contributed by atoms with Crippen LogP contribution in [0.1, 0.15) is 15.9 Å². The van der Waals surface area contributed by atoms with Crippen molar-refractivity contribution in [2.24, 2.45) is 0 Å². The number of hydrogen-bond acceptors (Lipinski definition) is 1. The average molecular weight is 246 g/mol. The van der Waals surface area contributed by atoms with E-state index in [2.05, 4.69) is 30.3 Å². The molecule has 0 unspecified atom stereocenters. The number of hydrogen-bond donors (Lipinski definition) is 0. The van der Waals surface area contributed by atoms with Crippen LogP contribution in [0.25, 0.3) is 21.9 Å². The summed E-state index contributed by atoms with van der Waals surface area (Å²) in [7, 11) is 0. The van der Waals surface area contributed by atoms with Crippen LogP contribution in [0.15, 0.2) is 60.7 Å². The summed E-state index contributed by atoms with van der Waals surface area (Å²) in [6.07, 6.45) is 0.927. The number of carbonyl (C=O) groups is 1. The summed E-state index contributed by atoms with van der Waals surface area (Å²) in [6, 6.07) is 20.4. The van der Waals surface area contributed by atoms with Gasteiger partial charge in [-0.15, -0.1) is 0 Å². The van der Waals surface area contributed by atoms with E-state index in [0.717, 1.165) is 28.5 Å². The summed E-state index contributed by atoms with van der Waals surface area (Å²) >= 11 is 0. The van der Waals surface area contributed by atoms with E-state index in [1.54, 1.807) is 0 Å². The average Bonchev–Trinajstić information content (AvgIpc) is 2.46. The van der Waals surface area contributed by atoms with Crippen molar-refractivity contribution in [1.29, 1.82) is 0 Å². The lowest BCUT2D eigenvalue weighted by Crippen LogP contribution is -1.90. The van der Waals surface area contributed by atoms with Gasteiger partial charge in [0, 0.05) is 5.56 Å². The van der Waals surface area contributed by atoms with Crippen LogP contribution in [-0.2, 0) is 0 Å². The highest BCUT2D eigenvalue weighted by Gasteiger charge is 2.08. The molecule has 0 saturated carbocycles. The molecular weight excluding hydrogens is 232 g/mol. The number of carbonyl (C=O) groups excluding carboxylic acids is 1. The summed E-state index contributed by atoms with van der Waals surface area (Å²) in [5.41, 5.74) is 4.02. The van der Waals surface area contributed by atoms with Gasteiger partial charge in [-0.2, -0.15) is 0 Å². The van der Waals surface area contributed by atoms with Crippen LogP contribution in [-0.4, -0.2) is 6.29 Å². The minimum atomic E-state index is 0.738. The van der Waals surface area contributed by atoms with Crippen LogP contribution in [0.5, 0.6) is 0 Å². The van der Waals surface area contributed by atoms with Gasteiger partial charge < -0.3 is 0 Å².